The fourth-order valence-corrected chi connectivity index (χ4v) is 4.23. The number of hydrogen-bond acceptors (Lipinski definition) is 7. The van der Waals surface area contributed by atoms with Gasteiger partial charge < -0.3 is 19.2 Å². The fourth-order valence-electron chi connectivity index (χ4n) is 3.35. The molecule has 1 aliphatic heterocycles. The van der Waals surface area contributed by atoms with Gasteiger partial charge in [0.15, 0.2) is 5.76 Å². The van der Waals surface area contributed by atoms with Crippen LogP contribution in [0.25, 0.3) is 0 Å². The maximum Gasteiger partial charge on any atom is 0.289 e. The lowest BCUT2D eigenvalue weighted by atomic mass is 10.0. The Morgan fingerprint density at radius 1 is 1.27 bits per heavy atom. The van der Waals surface area contributed by atoms with E-state index in [-0.39, 0.29) is 17.9 Å². The minimum absolute atomic E-state index is 0.00870. The summed E-state index contributed by atoms with van der Waals surface area (Å²) in [6, 6.07) is 8.77. The predicted octanol–water partition coefficient (Wildman–Crippen LogP) is 3.30. The largest absolute Gasteiger partial charge is 0.459 e. The lowest BCUT2D eigenvalue weighted by Crippen LogP contribution is -2.46. The lowest BCUT2D eigenvalue weighted by Gasteiger charge is -2.32. The summed E-state index contributed by atoms with van der Waals surface area (Å²) >= 11 is 1.45. The number of carbonyl (C=O) groups excluding carboxylic acids is 2. The molecular weight excluding hydrogens is 404 g/mol. The number of aromatic nitrogens is 2. The van der Waals surface area contributed by atoms with Gasteiger partial charge in [-0.25, -0.2) is 4.98 Å². The molecule has 0 radical (unpaired) electrons. The van der Waals surface area contributed by atoms with Gasteiger partial charge >= 0.3 is 0 Å². The highest BCUT2D eigenvalue weighted by Gasteiger charge is 2.26. The molecule has 30 heavy (non-hydrogen) atoms. The molecule has 4 rings (SSSR count). The monoisotopic (exact) mass is 426 g/mol. The first-order chi connectivity index (χ1) is 14.6. The van der Waals surface area contributed by atoms with Crippen LogP contribution in [0.15, 0.2) is 56.8 Å². The quantitative estimate of drug-likeness (QED) is 0.604. The third-order valence-electron chi connectivity index (χ3n) is 4.90. The molecule has 1 saturated heterocycles. The summed E-state index contributed by atoms with van der Waals surface area (Å²) in [6.07, 6.45) is 4.55. The zero-order chi connectivity index (χ0) is 20.9. The van der Waals surface area contributed by atoms with Crippen molar-refractivity contribution in [2.24, 2.45) is 0 Å². The number of pyridine rings is 1. The molecule has 1 aliphatic rings. The summed E-state index contributed by atoms with van der Waals surface area (Å²) < 4.78 is 10.3. The maximum atomic E-state index is 12.9. The Bertz CT molecular complexity index is 1010. The summed E-state index contributed by atoms with van der Waals surface area (Å²) in [5.74, 6) is 1.40. The Morgan fingerprint density at radius 3 is 2.80 bits per heavy atom. The van der Waals surface area contributed by atoms with Crippen molar-refractivity contribution >= 4 is 23.6 Å². The van der Waals surface area contributed by atoms with E-state index >= 15 is 0 Å². The highest BCUT2D eigenvalue weighted by atomic mass is 32.2. The van der Waals surface area contributed by atoms with Gasteiger partial charge in [0.25, 0.3) is 11.8 Å². The van der Waals surface area contributed by atoms with Crippen LogP contribution in [0.3, 0.4) is 0 Å². The highest BCUT2D eigenvalue weighted by Crippen LogP contribution is 2.24. The number of piperidine rings is 1. The van der Waals surface area contributed by atoms with Crippen LogP contribution >= 0.6 is 11.8 Å². The third kappa shape index (κ3) is 4.73. The molecule has 4 heterocycles. The van der Waals surface area contributed by atoms with Crippen LogP contribution in [0.4, 0.5) is 0 Å². The molecule has 0 spiro atoms. The smallest absolute Gasteiger partial charge is 0.289 e. The number of thioether (sulfide) groups is 1. The van der Waals surface area contributed by atoms with Crippen LogP contribution in [0, 0.1) is 6.92 Å². The second kappa shape index (κ2) is 9.17. The summed E-state index contributed by atoms with van der Waals surface area (Å²) in [4.78, 5) is 31.3. The minimum atomic E-state index is -0.155. The number of hydrogen-bond donors (Lipinski definition) is 1. The van der Waals surface area contributed by atoms with Gasteiger partial charge in [-0.05, 0) is 44.0 Å². The molecule has 3 aromatic heterocycles. The number of likely N-dealkylation sites (tertiary alicyclic amines) is 1. The summed E-state index contributed by atoms with van der Waals surface area (Å²) in [5, 5.41) is 7.71. The number of nitrogens with one attached hydrogen (secondary N) is 1. The van der Waals surface area contributed by atoms with Crippen molar-refractivity contribution in [3.05, 3.63) is 65.6 Å². The molecule has 1 fully saturated rings. The van der Waals surface area contributed by atoms with E-state index in [2.05, 4.69) is 15.5 Å². The van der Waals surface area contributed by atoms with Crippen LogP contribution < -0.4 is 5.32 Å². The van der Waals surface area contributed by atoms with Crippen LogP contribution in [0.1, 0.15) is 45.2 Å². The molecule has 1 N–H and O–H groups in total. The van der Waals surface area contributed by atoms with Gasteiger partial charge in [0.05, 0.1) is 17.5 Å². The average molecular weight is 426 g/mol. The van der Waals surface area contributed by atoms with Crippen molar-refractivity contribution in [2.45, 2.75) is 36.6 Å². The van der Waals surface area contributed by atoms with Crippen LogP contribution in [-0.4, -0.2) is 46.0 Å². The van der Waals surface area contributed by atoms with Crippen LogP contribution in [0.5, 0.6) is 0 Å². The Labute approximate surface area is 178 Å². The van der Waals surface area contributed by atoms with Crippen molar-refractivity contribution < 1.29 is 18.5 Å². The fraction of sp³-hybridized carbons (Fsp3) is 0.333. The van der Waals surface area contributed by atoms with Gasteiger partial charge in [-0.15, -0.1) is 0 Å². The number of nitrogens with zero attached hydrogens (tertiary/aromatic N) is 3. The number of furan rings is 1. The third-order valence-corrected chi connectivity index (χ3v) is 5.94. The van der Waals surface area contributed by atoms with E-state index in [0.29, 0.717) is 48.0 Å². The molecule has 9 heteroatoms. The molecule has 0 unspecified atom stereocenters. The Kier molecular flexibility index (Phi) is 6.18. The van der Waals surface area contributed by atoms with Gasteiger partial charge in [-0.2, -0.15) is 0 Å². The molecule has 0 aliphatic carbocycles. The van der Waals surface area contributed by atoms with Crippen molar-refractivity contribution in [1.82, 2.24) is 20.4 Å². The molecular formula is C21H22N4O4S. The van der Waals surface area contributed by atoms with Gasteiger partial charge in [-0.1, -0.05) is 16.9 Å². The van der Waals surface area contributed by atoms with E-state index in [1.165, 1.54) is 18.0 Å². The molecule has 3 aromatic rings. The standard InChI is InChI=1S/C21H22N4O4S/c1-14-12-16(24-29-14)13-30-20-17(4-2-8-22-20)19(26)23-15-6-9-25(10-7-15)21(27)18-5-3-11-28-18/h2-5,8,11-12,15H,6-7,9-10,13H2,1H3,(H,23,26). The topological polar surface area (TPSA) is 101 Å². The number of aryl methyl sites for hydroxylation is 1. The van der Waals surface area contributed by atoms with E-state index in [9.17, 15) is 9.59 Å². The van der Waals surface area contributed by atoms with Crippen LogP contribution in [-0.2, 0) is 5.75 Å². The zero-order valence-corrected chi connectivity index (χ0v) is 17.4. The van der Waals surface area contributed by atoms with Crippen molar-refractivity contribution in [3.63, 3.8) is 0 Å². The first-order valence-corrected chi connectivity index (χ1v) is 10.7. The summed E-state index contributed by atoms with van der Waals surface area (Å²) in [7, 11) is 0. The van der Waals surface area contributed by atoms with E-state index in [1.54, 1.807) is 35.4 Å². The SMILES string of the molecule is Cc1cc(CSc2ncccc2C(=O)NC2CCN(C(=O)c3ccco3)CC2)no1. The summed E-state index contributed by atoms with van der Waals surface area (Å²) in [6.45, 7) is 2.99. The highest BCUT2D eigenvalue weighted by molar-refractivity contribution is 7.98. The zero-order valence-electron chi connectivity index (χ0n) is 16.5. The molecule has 0 saturated carbocycles. The average Bonchev–Trinajstić information content (AvgIpc) is 3.44. The van der Waals surface area contributed by atoms with Gasteiger partial charge in [-0.3, -0.25) is 9.59 Å². The normalized spacial score (nSPS) is 14.6. The first kappa shape index (κ1) is 20.2. The Hall–Kier alpha value is -3.07. The van der Waals surface area contributed by atoms with E-state index in [0.717, 1.165) is 11.5 Å². The Morgan fingerprint density at radius 2 is 2.10 bits per heavy atom. The van der Waals surface area contributed by atoms with E-state index in [1.807, 2.05) is 13.0 Å². The van der Waals surface area contributed by atoms with Crippen molar-refractivity contribution in [1.29, 1.82) is 0 Å². The number of rotatable bonds is 6. The predicted molar refractivity (Wildman–Crippen MR) is 110 cm³/mol. The van der Waals surface area contributed by atoms with Crippen LogP contribution in [0.2, 0.25) is 0 Å². The van der Waals surface area contributed by atoms with Gasteiger partial charge in [0.2, 0.25) is 0 Å². The van der Waals surface area contributed by atoms with E-state index < -0.39 is 0 Å². The van der Waals surface area contributed by atoms with E-state index in [4.69, 9.17) is 8.94 Å². The van der Waals surface area contributed by atoms with Gasteiger partial charge in [0, 0.05) is 37.1 Å². The number of amides is 2. The second-order valence-corrected chi connectivity index (χ2v) is 8.05. The molecule has 0 bridgehead atoms. The maximum absolute atomic E-state index is 12.9. The lowest BCUT2D eigenvalue weighted by molar-refractivity contribution is 0.0667. The molecule has 2 amide bonds. The number of carbonyl (C=O) groups is 2. The molecule has 8 nitrogen and oxygen atoms in total. The molecule has 0 aromatic carbocycles. The second-order valence-electron chi connectivity index (χ2n) is 7.09. The first-order valence-electron chi connectivity index (χ1n) is 9.74. The summed E-state index contributed by atoms with van der Waals surface area (Å²) in [5.41, 5.74) is 1.35. The molecule has 156 valence electrons. The van der Waals surface area contributed by atoms with Crippen molar-refractivity contribution in [3.8, 4) is 0 Å². The molecule has 0 atom stereocenters. The minimum Gasteiger partial charge on any atom is -0.459 e. The van der Waals surface area contributed by atoms with Crippen molar-refractivity contribution in [2.75, 3.05) is 13.1 Å². The van der Waals surface area contributed by atoms with Gasteiger partial charge in [0.1, 0.15) is 10.8 Å². The Balaban J connectivity index is 1.33.